The Balaban J connectivity index is 0.00000320. The van der Waals surface area contributed by atoms with Crippen LogP contribution >= 0.6 is 23.2 Å². The molecular formula is C23H21Cl3N2O2. The van der Waals surface area contributed by atoms with E-state index in [0.29, 0.717) is 10.0 Å². The smallest absolute Gasteiger partial charge is 0.203 e. The molecule has 30 heavy (non-hydrogen) atoms. The van der Waals surface area contributed by atoms with Crippen molar-refractivity contribution in [2.45, 2.75) is 0 Å². The fraction of sp³-hybridized carbons (Fsp3) is 0.0870. The third kappa shape index (κ3) is 6.42. The fourth-order valence-electron chi connectivity index (χ4n) is 2.61. The highest BCUT2D eigenvalue weighted by molar-refractivity contribution is 6.42. The minimum atomic E-state index is 0. The molecule has 0 saturated heterocycles. The Morgan fingerprint density at radius 3 is 2.00 bits per heavy atom. The molecule has 156 valence electrons. The number of hydrogen-bond donors (Lipinski definition) is 2. The minimum absolute atomic E-state index is 0. The molecule has 0 spiro atoms. The van der Waals surface area contributed by atoms with Gasteiger partial charge in [-0.25, -0.2) is 4.99 Å². The molecular weight excluding hydrogens is 443 g/mol. The monoisotopic (exact) mass is 462 g/mol. The average molecular weight is 464 g/mol. The summed E-state index contributed by atoms with van der Waals surface area (Å²) in [6.45, 7) is 0. The van der Waals surface area contributed by atoms with Gasteiger partial charge in [0.15, 0.2) is 6.21 Å². The Bertz CT molecular complexity index is 1020. The number of rotatable bonds is 7. The maximum Gasteiger partial charge on any atom is 0.203 e. The predicted molar refractivity (Wildman–Crippen MR) is 121 cm³/mol. The second-order valence-electron chi connectivity index (χ2n) is 6.10. The molecule has 2 N–H and O–H groups in total. The maximum absolute atomic E-state index is 6.22. The van der Waals surface area contributed by atoms with Crippen molar-refractivity contribution in [3.05, 3.63) is 88.4 Å². The van der Waals surface area contributed by atoms with Gasteiger partial charge in [0.2, 0.25) is 5.69 Å². The first-order valence-electron chi connectivity index (χ1n) is 8.89. The van der Waals surface area contributed by atoms with Gasteiger partial charge >= 0.3 is 0 Å². The number of ether oxygens (including phenoxy) is 2. The summed E-state index contributed by atoms with van der Waals surface area (Å²) >= 11 is 12.3. The molecule has 0 saturated carbocycles. The van der Waals surface area contributed by atoms with E-state index in [9.17, 15) is 0 Å². The van der Waals surface area contributed by atoms with E-state index in [1.54, 1.807) is 20.3 Å². The highest BCUT2D eigenvalue weighted by Crippen LogP contribution is 2.27. The molecule has 7 heteroatoms. The first-order valence-corrected chi connectivity index (χ1v) is 9.65. The molecule has 0 heterocycles. The zero-order valence-corrected chi connectivity index (χ0v) is 18.7. The topological polar surface area (TPSA) is 44.5 Å². The number of hydrogen-bond acceptors (Lipinski definition) is 3. The van der Waals surface area contributed by atoms with Crippen molar-refractivity contribution in [2.24, 2.45) is 0 Å². The van der Waals surface area contributed by atoms with Crippen LogP contribution in [0.5, 0.6) is 11.5 Å². The van der Waals surface area contributed by atoms with Crippen LogP contribution in [-0.4, -0.2) is 20.4 Å². The summed E-state index contributed by atoms with van der Waals surface area (Å²) < 4.78 is 10.4. The molecule has 4 nitrogen and oxygen atoms in total. The fourth-order valence-corrected chi connectivity index (χ4v) is 2.91. The number of anilines is 1. The third-order valence-corrected chi connectivity index (χ3v) is 4.93. The van der Waals surface area contributed by atoms with Crippen LogP contribution < -0.4 is 32.2 Å². The van der Waals surface area contributed by atoms with Crippen molar-refractivity contribution in [3.8, 4) is 11.5 Å². The summed E-state index contributed by atoms with van der Waals surface area (Å²) in [5.74, 6) is 1.60. The molecule has 0 fully saturated rings. The average Bonchev–Trinajstić information content (AvgIpc) is 2.76. The van der Waals surface area contributed by atoms with Gasteiger partial charge in [-0.3, -0.25) is 0 Å². The molecule has 0 amide bonds. The van der Waals surface area contributed by atoms with Gasteiger partial charge in [-0.1, -0.05) is 29.3 Å². The Labute approximate surface area is 192 Å². The minimum Gasteiger partial charge on any atom is -1.00 e. The van der Waals surface area contributed by atoms with Gasteiger partial charge in [-0.15, -0.1) is 0 Å². The first kappa shape index (κ1) is 23.6. The summed E-state index contributed by atoms with van der Waals surface area (Å²) in [5.41, 5.74) is 3.62. The lowest BCUT2D eigenvalue weighted by Crippen LogP contribution is -3.00. The summed E-state index contributed by atoms with van der Waals surface area (Å²) in [7, 11) is 3.29. The van der Waals surface area contributed by atoms with E-state index in [0.717, 1.165) is 34.1 Å². The van der Waals surface area contributed by atoms with Gasteiger partial charge in [0, 0.05) is 23.9 Å². The van der Waals surface area contributed by atoms with E-state index >= 15 is 0 Å². The molecule has 0 unspecified atom stereocenters. The molecule has 0 aliphatic carbocycles. The number of benzene rings is 3. The quantitative estimate of drug-likeness (QED) is 0.527. The van der Waals surface area contributed by atoms with E-state index in [-0.39, 0.29) is 12.4 Å². The highest BCUT2D eigenvalue weighted by Gasteiger charge is 2.06. The van der Waals surface area contributed by atoms with Crippen molar-refractivity contribution < 1.29 is 26.9 Å². The van der Waals surface area contributed by atoms with Crippen LogP contribution in [0.15, 0.2) is 72.8 Å². The van der Waals surface area contributed by atoms with Gasteiger partial charge < -0.3 is 27.2 Å². The Morgan fingerprint density at radius 2 is 1.43 bits per heavy atom. The summed E-state index contributed by atoms with van der Waals surface area (Å²) in [6.07, 6.45) is 3.80. The van der Waals surface area contributed by atoms with Gasteiger partial charge in [0.25, 0.3) is 0 Å². The summed E-state index contributed by atoms with van der Waals surface area (Å²) in [6, 6.07) is 20.9. The molecule has 0 aliphatic rings. The molecule has 0 aromatic heterocycles. The van der Waals surface area contributed by atoms with Crippen LogP contribution in [0.1, 0.15) is 5.56 Å². The molecule has 0 aliphatic heterocycles. The maximum atomic E-state index is 6.22. The van der Waals surface area contributed by atoms with Gasteiger partial charge in [0.05, 0.1) is 30.0 Å². The van der Waals surface area contributed by atoms with Crippen molar-refractivity contribution in [3.63, 3.8) is 0 Å². The third-order valence-electron chi connectivity index (χ3n) is 4.19. The van der Waals surface area contributed by atoms with E-state index in [2.05, 4.69) is 10.3 Å². The standard InChI is InChI=1S/C23H20Cl2N2O2.ClH/c1-28-19-8-4-17(5-9-19)26-14-13-23(16-3-12-21(24)22(25)15-16)27-18-6-10-20(29-2)11-7-18;/h3-15,27H,1-2H3;1H/b23-13+,26-14?;. The second-order valence-corrected chi connectivity index (χ2v) is 6.92. The Hall–Kier alpha value is -2.66. The van der Waals surface area contributed by atoms with Gasteiger partial charge in [0.1, 0.15) is 11.5 Å². The van der Waals surface area contributed by atoms with Crippen LogP contribution in [0.2, 0.25) is 10.0 Å². The molecule has 3 aromatic carbocycles. The van der Waals surface area contributed by atoms with Crippen LogP contribution in [0.25, 0.3) is 5.70 Å². The van der Waals surface area contributed by atoms with Crippen LogP contribution in [-0.2, 0) is 0 Å². The largest absolute Gasteiger partial charge is 1.00 e. The van der Waals surface area contributed by atoms with Crippen LogP contribution in [0, 0.1) is 0 Å². The number of halogens is 3. The van der Waals surface area contributed by atoms with Gasteiger partial charge in [-0.2, -0.15) is 0 Å². The van der Waals surface area contributed by atoms with E-state index in [1.165, 1.54) is 0 Å². The van der Waals surface area contributed by atoms with Crippen LogP contribution in [0.3, 0.4) is 0 Å². The SMILES string of the molecule is COc1ccc(N/C(=C/C=[NH+]c2ccc(OC)cc2)c2ccc(Cl)c(Cl)c2)cc1.[Cl-]. The lowest BCUT2D eigenvalue weighted by atomic mass is 10.1. The molecule has 0 atom stereocenters. The van der Waals surface area contributed by atoms with E-state index < -0.39 is 0 Å². The Morgan fingerprint density at radius 1 is 0.833 bits per heavy atom. The first-order chi connectivity index (χ1) is 14.1. The van der Waals surface area contributed by atoms with E-state index in [4.69, 9.17) is 32.7 Å². The van der Waals surface area contributed by atoms with Crippen molar-refractivity contribution >= 4 is 46.5 Å². The molecule has 3 aromatic rings. The van der Waals surface area contributed by atoms with Crippen molar-refractivity contribution in [1.82, 2.24) is 0 Å². The van der Waals surface area contributed by atoms with Crippen LogP contribution in [0.4, 0.5) is 11.4 Å². The molecule has 3 rings (SSSR count). The highest BCUT2D eigenvalue weighted by atomic mass is 35.5. The van der Waals surface area contributed by atoms with Crippen molar-refractivity contribution in [2.75, 3.05) is 19.5 Å². The second kappa shape index (κ2) is 11.5. The predicted octanol–water partition coefficient (Wildman–Crippen LogP) is 1.95. The number of methoxy groups -OCH3 is 2. The van der Waals surface area contributed by atoms with Crippen molar-refractivity contribution in [1.29, 1.82) is 0 Å². The number of nitrogens with one attached hydrogen (secondary N) is 2. The summed E-state index contributed by atoms with van der Waals surface area (Å²) in [4.78, 5) is 3.25. The Kier molecular flexibility index (Phi) is 9.06. The zero-order chi connectivity index (χ0) is 20.6. The molecule has 0 radical (unpaired) electrons. The summed E-state index contributed by atoms with van der Waals surface area (Å²) in [5, 5.41) is 4.42. The zero-order valence-electron chi connectivity index (χ0n) is 16.5. The lowest BCUT2D eigenvalue weighted by molar-refractivity contribution is -0.346. The molecule has 0 bridgehead atoms. The lowest BCUT2D eigenvalue weighted by Gasteiger charge is -2.12. The number of allylic oxidation sites excluding steroid dienone is 1. The normalized spacial score (nSPS) is 11.1. The van der Waals surface area contributed by atoms with E-state index in [1.807, 2.05) is 73.0 Å². The van der Waals surface area contributed by atoms with Gasteiger partial charge in [-0.05, 0) is 54.1 Å².